The van der Waals surface area contributed by atoms with Crippen molar-refractivity contribution in [3.63, 3.8) is 0 Å². The van der Waals surface area contributed by atoms with Crippen molar-refractivity contribution in [2.24, 2.45) is 0 Å². The van der Waals surface area contributed by atoms with Gasteiger partial charge < -0.3 is 19.6 Å². The molecular formula is C22H26BrF2O6PS. The number of hydrogen-bond acceptors (Lipinski definition) is 5. The smallest absolute Gasteiger partial charge is 0.399 e. The Balaban J connectivity index is 1.88. The summed E-state index contributed by atoms with van der Waals surface area (Å²) in [6.45, 7) is 3.77. The second-order valence-electron chi connectivity index (χ2n) is 7.40. The molecule has 0 saturated heterocycles. The van der Waals surface area contributed by atoms with Crippen molar-refractivity contribution in [1.82, 2.24) is 0 Å². The number of phenols is 1. The SMILES string of the molecule is CCCc1c(OCCCSCc2ccc(C(F)(F)P(=O)(O)O)c(Br)c2)ccc(C(C)=O)c1O. The molecule has 0 spiro atoms. The molecule has 182 valence electrons. The third kappa shape index (κ3) is 7.02. The topological polar surface area (TPSA) is 104 Å². The maximum atomic E-state index is 13.9. The molecule has 0 heterocycles. The summed E-state index contributed by atoms with van der Waals surface area (Å²) in [7, 11) is -5.63. The van der Waals surface area contributed by atoms with Gasteiger partial charge in [-0.1, -0.05) is 41.4 Å². The molecule has 0 unspecified atom stereocenters. The fourth-order valence-electron chi connectivity index (χ4n) is 3.11. The van der Waals surface area contributed by atoms with E-state index in [1.165, 1.54) is 19.1 Å². The number of ketones is 1. The summed E-state index contributed by atoms with van der Waals surface area (Å²) in [4.78, 5) is 29.4. The Labute approximate surface area is 204 Å². The number of carbonyl (C=O) groups excluding carboxylic acids is 1. The van der Waals surface area contributed by atoms with Gasteiger partial charge in [0.1, 0.15) is 11.5 Å². The van der Waals surface area contributed by atoms with Crippen molar-refractivity contribution in [2.75, 3.05) is 12.4 Å². The summed E-state index contributed by atoms with van der Waals surface area (Å²) < 4.78 is 44.6. The first kappa shape index (κ1) is 27.8. The number of halogens is 3. The molecule has 0 fully saturated rings. The van der Waals surface area contributed by atoms with Crippen LogP contribution in [-0.2, 0) is 22.4 Å². The minimum Gasteiger partial charge on any atom is -0.507 e. The lowest BCUT2D eigenvalue weighted by atomic mass is 10.0. The van der Waals surface area contributed by atoms with Crippen LogP contribution in [0.3, 0.4) is 0 Å². The number of aromatic hydroxyl groups is 1. The molecule has 2 rings (SSSR count). The average Bonchev–Trinajstić information content (AvgIpc) is 2.71. The van der Waals surface area contributed by atoms with Crippen molar-refractivity contribution < 1.29 is 37.8 Å². The molecule has 0 aromatic heterocycles. The summed E-state index contributed by atoms with van der Waals surface area (Å²) >= 11 is 4.54. The molecular weight excluding hydrogens is 541 g/mol. The fraction of sp³-hybridized carbons (Fsp3) is 0.409. The van der Waals surface area contributed by atoms with Crippen LogP contribution in [0.15, 0.2) is 34.8 Å². The van der Waals surface area contributed by atoms with Crippen LogP contribution < -0.4 is 4.74 Å². The van der Waals surface area contributed by atoms with Gasteiger partial charge in [-0.2, -0.15) is 20.5 Å². The zero-order valence-electron chi connectivity index (χ0n) is 18.2. The molecule has 0 amide bonds. The van der Waals surface area contributed by atoms with E-state index >= 15 is 0 Å². The number of ether oxygens (including phenoxy) is 1. The van der Waals surface area contributed by atoms with E-state index in [-0.39, 0.29) is 21.6 Å². The molecule has 3 N–H and O–H groups in total. The van der Waals surface area contributed by atoms with E-state index in [0.29, 0.717) is 36.5 Å². The molecule has 0 saturated carbocycles. The number of alkyl halides is 2. The summed E-state index contributed by atoms with van der Waals surface area (Å²) in [6.07, 6.45) is 2.07. The normalized spacial score (nSPS) is 12.1. The third-order valence-electron chi connectivity index (χ3n) is 4.80. The third-order valence-corrected chi connectivity index (χ3v) is 7.55. The highest BCUT2D eigenvalue weighted by Gasteiger charge is 2.51. The average molecular weight is 567 g/mol. The van der Waals surface area contributed by atoms with Gasteiger partial charge in [0.15, 0.2) is 5.78 Å². The molecule has 0 radical (unpaired) electrons. The highest BCUT2D eigenvalue weighted by Crippen LogP contribution is 2.60. The van der Waals surface area contributed by atoms with Gasteiger partial charge in [0, 0.05) is 21.4 Å². The van der Waals surface area contributed by atoms with Crippen LogP contribution >= 0.6 is 35.3 Å². The van der Waals surface area contributed by atoms with Crippen molar-refractivity contribution >= 4 is 41.1 Å². The molecule has 0 aliphatic heterocycles. The predicted octanol–water partition coefficient (Wildman–Crippen LogP) is 6.24. The van der Waals surface area contributed by atoms with Crippen molar-refractivity contribution in [3.05, 3.63) is 57.1 Å². The van der Waals surface area contributed by atoms with Gasteiger partial charge in [0.05, 0.1) is 12.2 Å². The lowest BCUT2D eigenvalue weighted by Gasteiger charge is -2.19. The molecule has 0 aliphatic carbocycles. The zero-order chi connectivity index (χ0) is 24.8. The Bertz CT molecular complexity index is 1040. The van der Waals surface area contributed by atoms with Crippen LogP contribution in [0, 0.1) is 0 Å². The second kappa shape index (κ2) is 11.8. The summed E-state index contributed by atoms with van der Waals surface area (Å²) in [5, 5.41) is 10.4. The monoisotopic (exact) mass is 566 g/mol. The van der Waals surface area contributed by atoms with Crippen LogP contribution in [0.4, 0.5) is 8.78 Å². The number of benzene rings is 2. The van der Waals surface area contributed by atoms with E-state index in [1.54, 1.807) is 23.9 Å². The minimum atomic E-state index is -5.63. The quantitative estimate of drug-likeness (QED) is 0.159. The van der Waals surface area contributed by atoms with Crippen molar-refractivity contribution in [1.29, 1.82) is 0 Å². The van der Waals surface area contributed by atoms with Gasteiger partial charge >= 0.3 is 13.3 Å². The van der Waals surface area contributed by atoms with Gasteiger partial charge in [-0.05, 0) is 49.3 Å². The first-order chi connectivity index (χ1) is 15.4. The molecule has 0 bridgehead atoms. The lowest BCUT2D eigenvalue weighted by molar-refractivity contribution is 0.0557. The van der Waals surface area contributed by atoms with E-state index < -0.39 is 18.8 Å². The molecule has 11 heteroatoms. The van der Waals surface area contributed by atoms with Crippen LogP contribution in [0.25, 0.3) is 0 Å². The number of Topliss-reactive ketones (excluding diaryl/α,β-unsaturated/α-hetero) is 1. The Morgan fingerprint density at radius 3 is 2.52 bits per heavy atom. The van der Waals surface area contributed by atoms with Gasteiger partial charge in [0.2, 0.25) is 0 Å². The highest BCUT2D eigenvalue weighted by atomic mass is 79.9. The predicted molar refractivity (Wildman–Crippen MR) is 128 cm³/mol. The highest BCUT2D eigenvalue weighted by molar-refractivity contribution is 9.10. The van der Waals surface area contributed by atoms with Crippen molar-refractivity contribution in [3.8, 4) is 11.5 Å². The molecule has 6 nitrogen and oxygen atoms in total. The molecule has 33 heavy (non-hydrogen) atoms. The fourth-order valence-corrected chi connectivity index (χ4v) is 5.33. The molecule has 2 aromatic rings. The van der Waals surface area contributed by atoms with Gasteiger partial charge in [-0.15, -0.1) is 0 Å². The number of hydrogen-bond donors (Lipinski definition) is 3. The summed E-state index contributed by atoms with van der Waals surface area (Å²) in [6, 6.07) is 7.12. The molecule has 2 aromatic carbocycles. The van der Waals surface area contributed by atoms with Crippen LogP contribution in [0.2, 0.25) is 0 Å². The number of phenolic OH excluding ortho intramolecular Hbond substituents is 1. The molecule has 0 atom stereocenters. The first-order valence-corrected chi connectivity index (χ1v) is 13.7. The van der Waals surface area contributed by atoms with E-state index in [1.807, 2.05) is 6.92 Å². The maximum Gasteiger partial charge on any atom is 0.399 e. The summed E-state index contributed by atoms with van der Waals surface area (Å²) in [5.74, 6) is 1.55. The van der Waals surface area contributed by atoms with Gasteiger partial charge in [0.25, 0.3) is 0 Å². The van der Waals surface area contributed by atoms with E-state index in [0.717, 1.165) is 23.8 Å². The second-order valence-corrected chi connectivity index (χ2v) is 11.0. The Morgan fingerprint density at radius 2 is 1.94 bits per heavy atom. The van der Waals surface area contributed by atoms with Gasteiger partial charge in [-0.3, -0.25) is 9.36 Å². The van der Waals surface area contributed by atoms with E-state index in [9.17, 15) is 23.2 Å². The molecule has 0 aliphatic rings. The van der Waals surface area contributed by atoms with Crippen LogP contribution in [0.1, 0.15) is 53.7 Å². The number of rotatable bonds is 12. The Hall–Kier alpha value is -1.45. The Morgan fingerprint density at radius 1 is 1.24 bits per heavy atom. The van der Waals surface area contributed by atoms with E-state index in [4.69, 9.17) is 14.5 Å². The lowest BCUT2D eigenvalue weighted by Crippen LogP contribution is -2.14. The number of carbonyl (C=O) groups is 1. The summed E-state index contributed by atoms with van der Waals surface area (Å²) in [5.41, 5.74) is -3.39. The van der Waals surface area contributed by atoms with E-state index in [2.05, 4.69) is 15.9 Å². The maximum absolute atomic E-state index is 13.9. The number of thioether (sulfide) groups is 1. The Kier molecular flexibility index (Phi) is 9.94. The first-order valence-electron chi connectivity index (χ1n) is 10.2. The van der Waals surface area contributed by atoms with Crippen LogP contribution in [0.5, 0.6) is 11.5 Å². The van der Waals surface area contributed by atoms with Crippen LogP contribution in [-0.4, -0.2) is 33.0 Å². The standard InChI is InChI=1S/C22H26BrF2O6PS/c1-3-5-17-20(9-7-16(14(2)26)21(17)27)31-10-4-11-33-13-15-6-8-18(19(23)12-15)22(24,25)32(28,29)30/h6-9,12,27H,3-5,10-11,13H2,1-2H3,(H2,28,29,30). The van der Waals surface area contributed by atoms with Gasteiger partial charge in [-0.25, -0.2) is 0 Å². The zero-order valence-corrected chi connectivity index (χ0v) is 21.5. The minimum absolute atomic E-state index is 0.0328. The largest absolute Gasteiger partial charge is 0.507 e. The van der Waals surface area contributed by atoms with Crippen molar-refractivity contribution in [2.45, 2.75) is 44.5 Å².